The third kappa shape index (κ3) is 3.02. The summed E-state index contributed by atoms with van der Waals surface area (Å²) in [4.78, 5) is 31.0. The Bertz CT molecular complexity index is 1260. The number of H-pyrrole nitrogens is 1. The number of anilines is 2. The Morgan fingerprint density at radius 3 is 2.83 bits per heavy atom. The number of carbonyl (C=O) groups is 2. The van der Waals surface area contributed by atoms with Crippen LogP contribution in [-0.4, -0.2) is 48.1 Å². The van der Waals surface area contributed by atoms with E-state index in [0.717, 1.165) is 0 Å². The molecule has 10 nitrogen and oxygen atoms in total. The standard InChI is InChI=1S/C18H16FN7O3/c1-8(2)23-17-15(19)14(18(28)29)13(9-3-22-25-16(9)17)10-5-26-6-11(21-7-27)24-12(26)4-20-10/h3-8,23H,1-2H3,(H,21,27)(H,22,25)(H,28,29). The van der Waals surface area contributed by atoms with E-state index >= 15 is 4.39 Å². The van der Waals surface area contributed by atoms with Gasteiger partial charge in [0.1, 0.15) is 5.56 Å². The third-order valence-corrected chi connectivity index (χ3v) is 4.30. The molecule has 3 heterocycles. The van der Waals surface area contributed by atoms with Crippen LogP contribution in [0.3, 0.4) is 0 Å². The molecule has 148 valence electrons. The molecule has 4 aromatic rings. The van der Waals surface area contributed by atoms with Crippen LogP contribution in [0.4, 0.5) is 15.9 Å². The van der Waals surface area contributed by atoms with Crippen molar-refractivity contribution in [2.75, 3.05) is 10.6 Å². The molecule has 0 bridgehead atoms. The van der Waals surface area contributed by atoms with Crippen LogP contribution in [0.2, 0.25) is 0 Å². The maximum absolute atomic E-state index is 15.3. The fraction of sp³-hybridized carbons (Fsp3) is 0.167. The van der Waals surface area contributed by atoms with Crippen LogP contribution < -0.4 is 10.6 Å². The lowest BCUT2D eigenvalue weighted by molar-refractivity contribution is -0.105. The lowest BCUT2D eigenvalue weighted by Gasteiger charge is -2.16. The molecule has 0 spiro atoms. The van der Waals surface area contributed by atoms with Gasteiger partial charge in [-0.15, -0.1) is 0 Å². The number of amides is 1. The molecule has 0 aliphatic carbocycles. The second kappa shape index (κ2) is 6.86. The van der Waals surface area contributed by atoms with Gasteiger partial charge in [-0.25, -0.2) is 14.2 Å². The first kappa shape index (κ1) is 18.3. The van der Waals surface area contributed by atoms with Crippen LogP contribution in [0.15, 0.2) is 24.8 Å². The van der Waals surface area contributed by atoms with Crippen molar-refractivity contribution in [3.8, 4) is 11.3 Å². The number of halogens is 1. The van der Waals surface area contributed by atoms with Crippen molar-refractivity contribution >= 4 is 40.4 Å². The number of rotatable bonds is 6. The van der Waals surface area contributed by atoms with E-state index < -0.39 is 17.3 Å². The van der Waals surface area contributed by atoms with E-state index in [1.807, 2.05) is 13.8 Å². The number of hydrogen-bond acceptors (Lipinski definition) is 6. The van der Waals surface area contributed by atoms with E-state index in [9.17, 15) is 14.7 Å². The molecule has 0 saturated carbocycles. The fourth-order valence-electron chi connectivity index (χ4n) is 3.19. The Morgan fingerprint density at radius 1 is 1.34 bits per heavy atom. The van der Waals surface area contributed by atoms with Crippen LogP contribution in [0.5, 0.6) is 0 Å². The number of aromatic carboxylic acids is 1. The second-order valence-corrected chi connectivity index (χ2v) is 6.63. The van der Waals surface area contributed by atoms with E-state index in [1.54, 1.807) is 4.40 Å². The van der Waals surface area contributed by atoms with Gasteiger partial charge in [-0.3, -0.25) is 14.9 Å². The van der Waals surface area contributed by atoms with Gasteiger partial charge in [0.2, 0.25) is 6.41 Å². The summed E-state index contributed by atoms with van der Waals surface area (Å²) in [5.41, 5.74) is 0.596. The van der Waals surface area contributed by atoms with E-state index in [4.69, 9.17) is 0 Å². The van der Waals surface area contributed by atoms with Crippen LogP contribution in [-0.2, 0) is 4.79 Å². The monoisotopic (exact) mass is 397 g/mol. The molecule has 1 aromatic carbocycles. The van der Waals surface area contributed by atoms with Gasteiger partial charge in [-0.05, 0) is 13.8 Å². The summed E-state index contributed by atoms with van der Waals surface area (Å²) in [5.74, 6) is -2.04. The van der Waals surface area contributed by atoms with Crippen molar-refractivity contribution in [2.24, 2.45) is 0 Å². The van der Waals surface area contributed by atoms with Crippen molar-refractivity contribution in [2.45, 2.75) is 19.9 Å². The van der Waals surface area contributed by atoms with Gasteiger partial charge in [0, 0.05) is 23.2 Å². The molecule has 29 heavy (non-hydrogen) atoms. The minimum atomic E-state index is -1.43. The maximum atomic E-state index is 15.3. The molecule has 1 amide bonds. The van der Waals surface area contributed by atoms with Crippen LogP contribution in [0, 0.1) is 5.82 Å². The summed E-state index contributed by atoms with van der Waals surface area (Å²) in [7, 11) is 0. The zero-order valence-corrected chi connectivity index (χ0v) is 15.4. The highest BCUT2D eigenvalue weighted by molar-refractivity contribution is 6.10. The predicted octanol–water partition coefficient (Wildman–Crippen LogP) is 2.50. The first-order chi connectivity index (χ1) is 13.9. The van der Waals surface area contributed by atoms with Gasteiger partial charge in [-0.2, -0.15) is 5.10 Å². The largest absolute Gasteiger partial charge is 0.478 e. The number of carbonyl (C=O) groups excluding carboxylic acids is 1. The van der Waals surface area contributed by atoms with Crippen molar-refractivity contribution in [1.29, 1.82) is 0 Å². The summed E-state index contributed by atoms with van der Waals surface area (Å²) in [6.07, 6.45) is 6.38. The van der Waals surface area contributed by atoms with E-state index in [2.05, 4.69) is 30.8 Å². The first-order valence-corrected chi connectivity index (χ1v) is 8.64. The molecule has 0 fully saturated rings. The molecule has 0 aliphatic heterocycles. The molecule has 0 saturated heterocycles. The Balaban J connectivity index is 2.01. The van der Waals surface area contributed by atoms with Gasteiger partial charge in [0.05, 0.1) is 35.5 Å². The smallest absolute Gasteiger partial charge is 0.339 e. The average molecular weight is 397 g/mol. The summed E-state index contributed by atoms with van der Waals surface area (Å²) in [6.45, 7) is 3.63. The summed E-state index contributed by atoms with van der Waals surface area (Å²) < 4.78 is 16.8. The fourth-order valence-corrected chi connectivity index (χ4v) is 3.19. The zero-order chi connectivity index (χ0) is 20.7. The van der Waals surface area contributed by atoms with E-state index in [1.165, 1.54) is 24.8 Å². The highest BCUT2D eigenvalue weighted by Crippen LogP contribution is 2.38. The molecule has 4 rings (SSSR count). The van der Waals surface area contributed by atoms with E-state index in [0.29, 0.717) is 28.8 Å². The SMILES string of the molecule is CC(C)Nc1c(F)c(C(=O)O)c(-c2cn3cc(NC=O)nc3cn2)c2cn[nH]c12. The van der Waals surface area contributed by atoms with Gasteiger partial charge >= 0.3 is 5.97 Å². The number of carboxylic acid groups (broad SMARTS) is 1. The quantitative estimate of drug-likeness (QED) is 0.367. The Labute approximate surface area is 162 Å². The maximum Gasteiger partial charge on any atom is 0.339 e. The number of aromatic amines is 1. The zero-order valence-electron chi connectivity index (χ0n) is 15.4. The number of fused-ring (bicyclic) bond motifs is 2. The number of nitrogens with one attached hydrogen (secondary N) is 3. The van der Waals surface area contributed by atoms with Gasteiger partial charge in [0.25, 0.3) is 0 Å². The van der Waals surface area contributed by atoms with Crippen LogP contribution >= 0.6 is 0 Å². The Hall–Kier alpha value is -4.02. The molecule has 3 aromatic heterocycles. The summed E-state index contributed by atoms with van der Waals surface area (Å²) in [6, 6.07) is -0.132. The van der Waals surface area contributed by atoms with Crippen molar-refractivity contribution in [1.82, 2.24) is 24.6 Å². The topological polar surface area (TPSA) is 137 Å². The number of hydrogen-bond donors (Lipinski definition) is 4. The van der Waals surface area contributed by atoms with Crippen LogP contribution in [0.1, 0.15) is 24.2 Å². The highest BCUT2D eigenvalue weighted by Gasteiger charge is 2.27. The summed E-state index contributed by atoms with van der Waals surface area (Å²) in [5, 5.41) is 22.2. The molecule has 4 N–H and O–H groups in total. The minimum Gasteiger partial charge on any atom is -0.478 e. The predicted molar refractivity (Wildman–Crippen MR) is 103 cm³/mol. The molecule has 0 unspecified atom stereocenters. The van der Waals surface area contributed by atoms with E-state index in [-0.39, 0.29) is 23.0 Å². The minimum absolute atomic E-state index is 0.0369. The molecule has 0 aliphatic rings. The normalized spacial score (nSPS) is 11.3. The number of imidazole rings is 1. The van der Waals surface area contributed by atoms with Crippen molar-refractivity contribution in [3.05, 3.63) is 36.2 Å². The Kier molecular flexibility index (Phi) is 4.34. The molecular weight excluding hydrogens is 381 g/mol. The number of aromatic nitrogens is 5. The van der Waals surface area contributed by atoms with Gasteiger partial charge in [-0.1, -0.05) is 0 Å². The lowest BCUT2D eigenvalue weighted by atomic mass is 9.98. The number of nitrogens with zero attached hydrogens (tertiary/aromatic N) is 4. The third-order valence-electron chi connectivity index (χ3n) is 4.30. The first-order valence-electron chi connectivity index (χ1n) is 8.64. The molecule has 0 radical (unpaired) electrons. The average Bonchev–Trinajstić information content (AvgIpc) is 3.29. The lowest BCUT2D eigenvalue weighted by Crippen LogP contribution is -2.15. The second-order valence-electron chi connectivity index (χ2n) is 6.63. The van der Waals surface area contributed by atoms with Crippen LogP contribution in [0.25, 0.3) is 27.8 Å². The molecule has 0 atom stereocenters. The van der Waals surface area contributed by atoms with Gasteiger partial charge < -0.3 is 20.1 Å². The molecule has 11 heteroatoms. The van der Waals surface area contributed by atoms with Crippen molar-refractivity contribution < 1.29 is 19.1 Å². The summed E-state index contributed by atoms with van der Waals surface area (Å²) >= 11 is 0. The highest BCUT2D eigenvalue weighted by atomic mass is 19.1. The number of benzene rings is 1. The Morgan fingerprint density at radius 2 is 2.14 bits per heavy atom. The van der Waals surface area contributed by atoms with Gasteiger partial charge in [0.15, 0.2) is 17.3 Å². The number of carboxylic acids is 1. The molecular formula is C18H16FN7O3. The van der Waals surface area contributed by atoms with Crippen molar-refractivity contribution in [3.63, 3.8) is 0 Å².